The molecule has 1 unspecified atom stereocenters. The van der Waals surface area contributed by atoms with E-state index in [1.807, 2.05) is 25.1 Å². The molecule has 0 heterocycles. The summed E-state index contributed by atoms with van der Waals surface area (Å²) in [6.45, 7) is 4.13. The molecule has 0 aliphatic carbocycles. The highest BCUT2D eigenvalue weighted by molar-refractivity contribution is 5.16. The molecule has 1 heteroatoms. The van der Waals surface area contributed by atoms with Gasteiger partial charge in [0.15, 0.2) is 0 Å². The maximum atomic E-state index is 10.2. The summed E-state index contributed by atoms with van der Waals surface area (Å²) in [6.07, 6.45) is 5.20. The summed E-state index contributed by atoms with van der Waals surface area (Å²) in [6, 6.07) is 10.2. The molecule has 84 valence electrons. The van der Waals surface area contributed by atoms with Crippen LogP contribution in [0.1, 0.15) is 45.1 Å². The number of hydrogen-bond acceptors (Lipinski definition) is 1. The maximum Gasteiger partial charge on any atom is 0.0660 e. The number of hydrogen-bond donors (Lipinski definition) is 1. The van der Waals surface area contributed by atoms with E-state index in [2.05, 4.69) is 19.1 Å². The van der Waals surface area contributed by atoms with E-state index in [1.165, 1.54) is 18.4 Å². The van der Waals surface area contributed by atoms with Crippen LogP contribution in [0.5, 0.6) is 0 Å². The fourth-order valence-corrected chi connectivity index (χ4v) is 1.88. The minimum Gasteiger partial charge on any atom is -0.390 e. The van der Waals surface area contributed by atoms with E-state index < -0.39 is 5.60 Å². The first-order valence-electron chi connectivity index (χ1n) is 5.90. The molecule has 0 aliphatic rings. The normalized spacial score (nSPS) is 14.9. The Morgan fingerprint density at radius 2 is 1.80 bits per heavy atom. The van der Waals surface area contributed by atoms with Gasteiger partial charge in [-0.3, -0.25) is 0 Å². The lowest BCUT2D eigenvalue weighted by Gasteiger charge is -2.23. The van der Waals surface area contributed by atoms with Crippen molar-refractivity contribution in [3.63, 3.8) is 0 Å². The Labute approximate surface area is 93.1 Å². The average molecular weight is 206 g/mol. The molecular weight excluding hydrogens is 184 g/mol. The van der Waals surface area contributed by atoms with Crippen molar-refractivity contribution >= 4 is 0 Å². The predicted molar refractivity (Wildman–Crippen MR) is 64.9 cm³/mol. The topological polar surface area (TPSA) is 20.2 Å². The van der Waals surface area contributed by atoms with Gasteiger partial charge in [-0.05, 0) is 18.9 Å². The standard InChI is InChI=1S/C14H22O/c1-3-4-8-11-14(2,15)12-13-9-6-5-7-10-13/h5-7,9-10,15H,3-4,8,11-12H2,1-2H3. The molecule has 0 amide bonds. The highest BCUT2D eigenvalue weighted by Gasteiger charge is 2.19. The van der Waals surface area contributed by atoms with Crippen LogP contribution >= 0.6 is 0 Å². The predicted octanol–water partition coefficient (Wildman–Crippen LogP) is 3.56. The summed E-state index contributed by atoms with van der Waals surface area (Å²) in [5.41, 5.74) is 0.676. The molecule has 0 bridgehead atoms. The highest BCUT2D eigenvalue weighted by atomic mass is 16.3. The van der Waals surface area contributed by atoms with Crippen LogP contribution in [0, 0.1) is 0 Å². The van der Waals surface area contributed by atoms with E-state index in [9.17, 15) is 5.11 Å². The van der Waals surface area contributed by atoms with Crippen molar-refractivity contribution in [2.75, 3.05) is 0 Å². The molecule has 0 aromatic heterocycles. The summed E-state index contributed by atoms with van der Waals surface area (Å²) >= 11 is 0. The van der Waals surface area contributed by atoms with Crippen molar-refractivity contribution in [3.8, 4) is 0 Å². The Kier molecular flexibility index (Phi) is 4.83. The van der Waals surface area contributed by atoms with E-state index in [-0.39, 0.29) is 0 Å². The van der Waals surface area contributed by atoms with Crippen LogP contribution < -0.4 is 0 Å². The van der Waals surface area contributed by atoms with Gasteiger partial charge in [0.25, 0.3) is 0 Å². The third-order valence-electron chi connectivity index (χ3n) is 2.75. The first kappa shape index (κ1) is 12.3. The molecule has 1 atom stereocenters. The zero-order valence-electron chi connectivity index (χ0n) is 9.87. The van der Waals surface area contributed by atoms with Crippen molar-refractivity contribution in [2.24, 2.45) is 0 Å². The van der Waals surface area contributed by atoms with Gasteiger partial charge in [-0.25, -0.2) is 0 Å². The third-order valence-corrected chi connectivity index (χ3v) is 2.75. The van der Waals surface area contributed by atoms with Crippen molar-refractivity contribution in [1.29, 1.82) is 0 Å². The van der Waals surface area contributed by atoms with Gasteiger partial charge in [-0.1, -0.05) is 56.5 Å². The molecule has 0 spiro atoms. The fourth-order valence-electron chi connectivity index (χ4n) is 1.88. The van der Waals surface area contributed by atoms with Crippen LogP contribution in [0.25, 0.3) is 0 Å². The molecule has 1 aromatic rings. The van der Waals surface area contributed by atoms with Gasteiger partial charge < -0.3 is 5.11 Å². The monoisotopic (exact) mass is 206 g/mol. The Balaban J connectivity index is 2.42. The molecule has 0 aliphatic heterocycles. The molecule has 0 saturated carbocycles. The van der Waals surface area contributed by atoms with E-state index in [1.54, 1.807) is 0 Å². The second-order valence-electron chi connectivity index (χ2n) is 4.62. The van der Waals surface area contributed by atoms with E-state index in [0.717, 1.165) is 19.3 Å². The molecule has 15 heavy (non-hydrogen) atoms. The summed E-state index contributed by atoms with van der Waals surface area (Å²) < 4.78 is 0. The molecule has 1 N–H and O–H groups in total. The summed E-state index contributed by atoms with van der Waals surface area (Å²) in [5, 5.41) is 10.2. The zero-order chi connectivity index (χ0) is 11.1. The molecule has 0 fully saturated rings. The lowest BCUT2D eigenvalue weighted by Crippen LogP contribution is -2.26. The molecule has 1 nitrogen and oxygen atoms in total. The quantitative estimate of drug-likeness (QED) is 0.706. The molecule has 1 aromatic carbocycles. The van der Waals surface area contributed by atoms with Gasteiger partial charge in [0.1, 0.15) is 0 Å². The number of aliphatic hydroxyl groups is 1. The van der Waals surface area contributed by atoms with Crippen LogP contribution in [-0.2, 0) is 6.42 Å². The summed E-state index contributed by atoms with van der Waals surface area (Å²) in [4.78, 5) is 0. The van der Waals surface area contributed by atoms with Crippen LogP contribution in [0.3, 0.4) is 0 Å². The minimum atomic E-state index is -0.545. The maximum absolute atomic E-state index is 10.2. The number of unbranched alkanes of at least 4 members (excludes halogenated alkanes) is 2. The highest BCUT2D eigenvalue weighted by Crippen LogP contribution is 2.19. The van der Waals surface area contributed by atoms with Gasteiger partial charge in [-0.2, -0.15) is 0 Å². The minimum absolute atomic E-state index is 0.545. The van der Waals surface area contributed by atoms with E-state index in [0.29, 0.717) is 0 Å². The van der Waals surface area contributed by atoms with Crippen LogP contribution in [0.2, 0.25) is 0 Å². The van der Waals surface area contributed by atoms with Crippen LogP contribution in [-0.4, -0.2) is 10.7 Å². The Hall–Kier alpha value is -0.820. The average Bonchev–Trinajstić information content (AvgIpc) is 2.18. The molecular formula is C14H22O. The molecule has 0 radical (unpaired) electrons. The Morgan fingerprint density at radius 1 is 1.13 bits per heavy atom. The smallest absolute Gasteiger partial charge is 0.0660 e. The first-order valence-corrected chi connectivity index (χ1v) is 5.90. The fraction of sp³-hybridized carbons (Fsp3) is 0.571. The van der Waals surface area contributed by atoms with Gasteiger partial charge >= 0.3 is 0 Å². The lowest BCUT2D eigenvalue weighted by molar-refractivity contribution is 0.0486. The Bertz CT molecular complexity index is 264. The SMILES string of the molecule is CCCCCC(C)(O)Cc1ccccc1. The van der Waals surface area contributed by atoms with Gasteiger partial charge in [0.2, 0.25) is 0 Å². The number of benzene rings is 1. The second-order valence-corrected chi connectivity index (χ2v) is 4.62. The second kappa shape index (κ2) is 5.92. The zero-order valence-corrected chi connectivity index (χ0v) is 9.87. The van der Waals surface area contributed by atoms with Crippen molar-refractivity contribution in [2.45, 2.75) is 51.6 Å². The van der Waals surface area contributed by atoms with Crippen LogP contribution in [0.4, 0.5) is 0 Å². The Morgan fingerprint density at radius 3 is 2.40 bits per heavy atom. The molecule has 0 saturated heterocycles. The van der Waals surface area contributed by atoms with Crippen molar-refractivity contribution < 1.29 is 5.11 Å². The van der Waals surface area contributed by atoms with Crippen molar-refractivity contribution in [3.05, 3.63) is 35.9 Å². The molecule has 1 rings (SSSR count). The summed E-state index contributed by atoms with van der Waals surface area (Å²) in [5.74, 6) is 0. The van der Waals surface area contributed by atoms with Crippen LogP contribution in [0.15, 0.2) is 30.3 Å². The third kappa shape index (κ3) is 4.98. The van der Waals surface area contributed by atoms with Gasteiger partial charge in [0, 0.05) is 6.42 Å². The van der Waals surface area contributed by atoms with Gasteiger partial charge in [-0.15, -0.1) is 0 Å². The summed E-state index contributed by atoms with van der Waals surface area (Å²) in [7, 11) is 0. The van der Waals surface area contributed by atoms with Crippen molar-refractivity contribution in [1.82, 2.24) is 0 Å². The van der Waals surface area contributed by atoms with Gasteiger partial charge in [0.05, 0.1) is 5.60 Å². The largest absolute Gasteiger partial charge is 0.390 e. The number of rotatable bonds is 6. The van der Waals surface area contributed by atoms with E-state index in [4.69, 9.17) is 0 Å². The lowest BCUT2D eigenvalue weighted by atomic mass is 9.91. The van der Waals surface area contributed by atoms with E-state index >= 15 is 0 Å². The first-order chi connectivity index (χ1) is 7.14.